The molecule has 2 aliphatic rings. The molecule has 0 radical (unpaired) electrons. The van der Waals surface area contributed by atoms with Crippen LogP contribution in [-0.2, 0) is 0 Å². The van der Waals surface area contributed by atoms with Crippen LogP contribution in [-0.4, -0.2) is 24.7 Å². The van der Waals surface area contributed by atoms with Crippen LogP contribution in [0.5, 0.6) is 0 Å². The van der Waals surface area contributed by atoms with Gasteiger partial charge in [-0.25, -0.2) is 0 Å². The second-order valence-electron chi connectivity index (χ2n) is 5.95. The van der Waals surface area contributed by atoms with Crippen molar-refractivity contribution in [3.63, 3.8) is 0 Å². The Morgan fingerprint density at radius 2 is 1.95 bits per heavy atom. The molecular formula is C16H23BrN2. The van der Waals surface area contributed by atoms with E-state index in [0.29, 0.717) is 0 Å². The second-order valence-corrected chi connectivity index (χ2v) is 6.86. The molecule has 2 bridgehead atoms. The summed E-state index contributed by atoms with van der Waals surface area (Å²) in [5, 5.41) is 3.65. The molecule has 0 spiro atoms. The third kappa shape index (κ3) is 2.55. The van der Waals surface area contributed by atoms with Gasteiger partial charge in [0.2, 0.25) is 0 Å². The van der Waals surface area contributed by atoms with Gasteiger partial charge < -0.3 is 10.2 Å². The van der Waals surface area contributed by atoms with Gasteiger partial charge in [-0.3, -0.25) is 0 Å². The molecule has 2 atom stereocenters. The van der Waals surface area contributed by atoms with Crippen molar-refractivity contribution in [1.82, 2.24) is 5.32 Å². The molecule has 2 unspecified atom stereocenters. The summed E-state index contributed by atoms with van der Waals surface area (Å²) in [6.07, 6.45) is 5.34. The lowest BCUT2D eigenvalue weighted by molar-refractivity contribution is 0.361. The van der Waals surface area contributed by atoms with Crippen molar-refractivity contribution in [1.29, 1.82) is 0 Å². The van der Waals surface area contributed by atoms with E-state index in [1.165, 1.54) is 41.4 Å². The predicted octanol–water partition coefficient (Wildman–Crippen LogP) is 3.87. The van der Waals surface area contributed by atoms with Crippen LogP contribution < -0.4 is 10.2 Å². The molecule has 0 saturated carbocycles. The van der Waals surface area contributed by atoms with Crippen LogP contribution >= 0.6 is 15.9 Å². The Labute approximate surface area is 124 Å². The zero-order valence-electron chi connectivity index (χ0n) is 11.8. The lowest BCUT2D eigenvalue weighted by atomic mass is 9.95. The van der Waals surface area contributed by atoms with Gasteiger partial charge in [0.1, 0.15) is 0 Å². The van der Waals surface area contributed by atoms with E-state index in [9.17, 15) is 0 Å². The SMILES string of the molecule is CCNC1CC2CCC(C1)N2c1ccc(Br)cc1C. The molecule has 2 fully saturated rings. The molecule has 0 aliphatic carbocycles. The average molecular weight is 323 g/mol. The fourth-order valence-electron chi connectivity index (χ4n) is 3.93. The van der Waals surface area contributed by atoms with Crippen LogP contribution in [0.3, 0.4) is 0 Å². The highest BCUT2D eigenvalue weighted by atomic mass is 79.9. The van der Waals surface area contributed by atoms with Gasteiger partial charge in [-0.05, 0) is 62.9 Å². The van der Waals surface area contributed by atoms with Crippen molar-refractivity contribution >= 4 is 21.6 Å². The molecule has 2 nitrogen and oxygen atoms in total. The van der Waals surface area contributed by atoms with Crippen LogP contribution in [0.1, 0.15) is 38.2 Å². The largest absolute Gasteiger partial charge is 0.365 e. The number of anilines is 1. The quantitative estimate of drug-likeness (QED) is 0.908. The summed E-state index contributed by atoms with van der Waals surface area (Å²) >= 11 is 3.57. The van der Waals surface area contributed by atoms with Gasteiger partial charge in [-0.2, -0.15) is 0 Å². The molecule has 1 aromatic carbocycles. The van der Waals surface area contributed by atoms with Gasteiger partial charge in [0.05, 0.1) is 0 Å². The summed E-state index contributed by atoms with van der Waals surface area (Å²) < 4.78 is 1.18. The van der Waals surface area contributed by atoms with Crippen LogP contribution in [0.15, 0.2) is 22.7 Å². The molecule has 2 saturated heterocycles. The minimum absolute atomic E-state index is 0.731. The van der Waals surface area contributed by atoms with Gasteiger partial charge in [-0.1, -0.05) is 22.9 Å². The average Bonchev–Trinajstić information content (AvgIpc) is 2.63. The Hall–Kier alpha value is -0.540. The van der Waals surface area contributed by atoms with Crippen molar-refractivity contribution in [3.05, 3.63) is 28.2 Å². The van der Waals surface area contributed by atoms with Crippen LogP contribution in [0, 0.1) is 6.92 Å². The Balaban J connectivity index is 1.83. The number of benzene rings is 1. The maximum Gasteiger partial charge on any atom is 0.0401 e. The maximum atomic E-state index is 3.65. The Bertz CT molecular complexity index is 446. The van der Waals surface area contributed by atoms with E-state index in [2.05, 4.69) is 58.2 Å². The minimum atomic E-state index is 0.731. The van der Waals surface area contributed by atoms with Crippen LogP contribution in [0.2, 0.25) is 0 Å². The van der Waals surface area contributed by atoms with E-state index >= 15 is 0 Å². The van der Waals surface area contributed by atoms with Crippen molar-refractivity contribution in [3.8, 4) is 0 Å². The predicted molar refractivity (Wildman–Crippen MR) is 84.9 cm³/mol. The Kier molecular flexibility index (Phi) is 3.86. The summed E-state index contributed by atoms with van der Waals surface area (Å²) in [5.74, 6) is 0. The zero-order valence-corrected chi connectivity index (χ0v) is 13.4. The highest BCUT2D eigenvalue weighted by molar-refractivity contribution is 9.10. The number of hydrogen-bond donors (Lipinski definition) is 1. The standard InChI is InChI=1S/C16H23BrN2/c1-3-18-13-9-14-5-6-15(10-13)19(14)16-7-4-12(17)8-11(16)2/h4,7-8,13-15,18H,3,5-6,9-10H2,1-2H3. The minimum Gasteiger partial charge on any atom is -0.365 e. The van der Waals surface area contributed by atoms with Gasteiger partial charge in [-0.15, -0.1) is 0 Å². The van der Waals surface area contributed by atoms with Crippen molar-refractivity contribution in [2.75, 3.05) is 11.4 Å². The second kappa shape index (κ2) is 5.45. The van der Waals surface area contributed by atoms with E-state index in [4.69, 9.17) is 0 Å². The molecular weight excluding hydrogens is 300 g/mol. The summed E-state index contributed by atoms with van der Waals surface area (Å²) in [6.45, 7) is 5.55. The highest BCUT2D eigenvalue weighted by Gasteiger charge is 2.40. The third-order valence-corrected chi connectivity index (χ3v) is 5.16. The van der Waals surface area contributed by atoms with Crippen LogP contribution in [0.4, 0.5) is 5.69 Å². The monoisotopic (exact) mass is 322 g/mol. The number of piperidine rings is 1. The smallest absolute Gasteiger partial charge is 0.0401 e. The molecule has 19 heavy (non-hydrogen) atoms. The number of rotatable bonds is 3. The van der Waals surface area contributed by atoms with Crippen molar-refractivity contribution < 1.29 is 0 Å². The first-order chi connectivity index (χ1) is 9.19. The van der Waals surface area contributed by atoms with Crippen molar-refractivity contribution in [2.45, 2.75) is 57.7 Å². The number of halogens is 1. The molecule has 2 heterocycles. The van der Waals surface area contributed by atoms with E-state index < -0.39 is 0 Å². The fraction of sp³-hybridized carbons (Fsp3) is 0.625. The van der Waals surface area contributed by atoms with E-state index in [1.807, 2.05) is 0 Å². The fourth-order valence-corrected chi connectivity index (χ4v) is 4.41. The number of nitrogens with one attached hydrogen (secondary N) is 1. The molecule has 1 N–H and O–H groups in total. The molecule has 0 amide bonds. The maximum absolute atomic E-state index is 3.65. The molecule has 104 valence electrons. The molecule has 3 heteroatoms. The first kappa shape index (κ1) is 13.4. The van der Waals surface area contributed by atoms with Gasteiger partial charge >= 0.3 is 0 Å². The molecule has 0 aromatic heterocycles. The highest BCUT2D eigenvalue weighted by Crippen LogP contribution is 2.40. The Morgan fingerprint density at radius 1 is 1.26 bits per heavy atom. The van der Waals surface area contributed by atoms with Gasteiger partial charge in [0, 0.05) is 28.3 Å². The van der Waals surface area contributed by atoms with Gasteiger partial charge in [0.25, 0.3) is 0 Å². The summed E-state index contributed by atoms with van der Waals surface area (Å²) in [4.78, 5) is 2.70. The number of nitrogens with zero attached hydrogens (tertiary/aromatic N) is 1. The lowest BCUT2D eigenvalue weighted by Crippen LogP contribution is -2.49. The first-order valence-corrected chi connectivity index (χ1v) is 8.26. The summed E-state index contributed by atoms with van der Waals surface area (Å²) in [5.41, 5.74) is 2.85. The number of hydrogen-bond acceptors (Lipinski definition) is 2. The van der Waals surface area contributed by atoms with E-state index in [-0.39, 0.29) is 0 Å². The molecule has 2 aliphatic heterocycles. The normalized spacial score (nSPS) is 29.8. The number of fused-ring (bicyclic) bond motifs is 2. The van der Waals surface area contributed by atoms with Crippen LogP contribution in [0.25, 0.3) is 0 Å². The van der Waals surface area contributed by atoms with E-state index in [1.54, 1.807) is 0 Å². The topological polar surface area (TPSA) is 15.3 Å². The number of aryl methyl sites for hydroxylation is 1. The Morgan fingerprint density at radius 3 is 2.53 bits per heavy atom. The first-order valence-electron chi connectivity index (χ1n) is 7.47. The third-order valence-electron chi connectivity index (χ3n) is 4.66. The molecule has 3 rings (SSSR count). The summed E-state index contributed by atoms with van der Waals surface area (Å²) in [6, 6.07) is 8.92. The summed E-state index contributed by atoms with van der Waals surface area (Å²) in [7, 11) is 0. The zero-order chi connectivity index (χ0) is 13.4. The van der Waals surface area contributed by atoms with Crippen molar-refractivity contribution in [2.24, 2.45) is 0 Å². The van der Waals surface area contributed by atoms with E-state index in [0.717, 1.165) is 24.7 Å². The lowest BCUT2D eigenvalue weighted by Gasteiger charge is -2.41. The molecule has 1 aromatic rings. The van der Waals surface area contributed by atoms with Gasteiger partial charge in [0.15, 0.2) is 0 Å².